The minimum atomic E-state index is 0.850. The molecule has 0 saturated heterocycles. The third kappa shape index (κ3) is 8.29. The first-order chi connectivity index (χ1) is 24.6. The van der Waals surface area contributed by atoms with Gasteiger partial charge in [-0.2, -0.15) is 0 Å². The van der Waals surface area contributed by atoms with E-state index in [0.717, 1.165) is 69.2 Å². The van der Waals surface area contributed by atoms with E-state index in [1.807, 2.05) is 38.2 Å². The highest BCUT2D eigenvalue weighted by molar-refractivity contribution is 5.81. The molecule has 0 aliphatic heterocycles. The van der Waals surface area contributed by atoms with E-state index < -0.39 is 0 Å². The Kier molecular flexibility index (Phi) is 12.2. The van der Waals surface area contributed by atoms with Gasteiger partial charge < -0.3 is 9.80 Å². The fourth-order valence-corrected chi connectivity index (χ4v) is 5.91. The molecule has 0 amide bonds. The topological polar surface area (TPSA) is 6.48 Å². The summed E-state index contributed by atoms with van der Waals surface area (Å²) in [4.78, 5) is 4.57. The van der Waals surface area contributed by atoms with Crippen LogP contribution < -0.4 is 9.80 Å². The summed E-state index contributed by atoms with van der Waals surface area (Å²) in [6.45, 7) is 19.6. The Balaban J connectivity index is 0.00000239. The van der Waals surface area contributed by atoms with E-state index in [-0.39, 0.29) is 0 Å². The Labute approximate surface area is 299 Å². The Morgan fingerprint density at radius 3 is 0.840 bits per heavy atom. The van der Waals surface area contributed by atoms with Gasteiger partial charge >= 0.3 is 0 Å². The number of nitrogens with zero attached hydrogens (tertiary/aromatic N) is 2. The number of hydrogen-bond donors (Lipinski definition) is 0. The van der Waals surface area contributed by atoms with Crippen molar-refractivity contribution in [1.29, 1.82) is 0 Å². The molecule has 0 radical (unpaired) electrons. The third-order valence-corrected chi connectivity index (χ3v) is 8.51. The van der Waals surface area contributed by atoms with Crippen molar-refractivity contribution in [2.75, 3.05) is 9.80 Å². The summed E-state index contributed by atoms with van der Waals surface area (Å²) in [5, 5.41) is 0. The molecule has 0 saturated carbocycles. The Hall–Kier alpha value is -6.12. The van der Waals surface area contributed by atoms with Gasteiger partial charge in [-0.3, -0.25) is 0 Å². The molecule has 0 atom stereocenters. The lowest BCUT2D eigenvalue weighted by Crippen LogP contribution is -2.10. The SMILES string of the molecule is C=CCc1ccc(N(c2ccc(C=C)cc2)c2ccc(-c3ccc(N(c4ccc(C=C)cc4)c4ccc(CC=C)cc4)cc3)cc2)cc1.CC. The van der Waals surface area contributed by atoms with Crippen molar-refractivity contribution in [3.8, 4) is 11.1 Å². The van der Waals surface area contributed by atoms with Crippen LogP contribution in [-0.2, 0) is 12.8 Å². The van der Waals surface area contributed by atoms with Gasteiger partial charge in [-0.25, -0.2) is 0 Å². The molecule has 0 unspecified atom stereocenters. The maximum absolute atomic E-state index is 3.92. The number of hydrogen-bond acceptors (Lipinski definition) is 2. The molecule has 2 heteroatoms. The molecule has 248 valence electrons. The first-order valence-corrected chi connectivity index (χ1v) is 17.3. The monoisotopic (exact) mass is 650 g/mol. The minimum absolute atomic E-state index is 0.850. The van der Waals surface area contributed by atoms with Crippen molar-refractivity contribution in [3.05, 3.63) is 206 Å². The molecule has 0 N–H and O–H groups in total. The fraction of sp³-hybridized carbons (Fsp3) is 0.0833. The second kappa shape index (κ2) is 17.3. The van der Waals surface area contributed by atoms with Gasteiger partial charge in [-0.15, -0.1) is 13.2 Å². The van der Waals surface area contributed by atoms with E-state index in [2.05, 4.69) is 182 Å². The predicted molar refractivity (Wildman–Crippen MR) is 221 cm³/mol. The lowest BCUT2D eigenvalue weighted by molar-refractivity contribution is 1.24. The zero-order valence-corrected chi connectivity index (χ0v) is 29.3. The molecule has 2 nitrogen and oxygen atoms in total. The number of allylic oxidation sites excluding steroid dienone is 2. The predicted octanol–water partition coefficient (Wildman–Crippen LogP) is 14.1. The highest BCUT2D eigenvalue weighted by atomic mass is 15.1. The summed E-state index contributed by atoms with van der Waals surface area (Å²) in [5.41, 5.74) is 13.5. The van der Waals surface area contributed by atoms with Crippen molar-refractivity contribution < 1.29 is 0 Å². The smallest absolute Gasteiger partial charge is 0.0462 e. The fourth-order valence-electron chi connectivity index (χ4n) is 5.91. The van der Waals surface area contributed by atoms with E-state index in [4.69, 9.17) is 0 Å². The van der Waals surface area contributed by atoms with Gasteiger partial charge in [0.05, 0.1) is 0 Å². The van der Waals surface area contributed by atoms with Crippen LogP contribution in [0.1, 0.15) is 36.1 Å². The van der Waals surface area contributed by atoms with E-state index in [1.54, 1.807) is 0 Å². The van der Waals surface area contributed by atoms with Crippen LogP contribution in [0.5, 0.6) is 0 Å². The zero-order valence-electron chi connectivity index (χ0n) is 29.3. The quantitative estimate of drug-likeness (QED) is 0.115. The average Bonchev–Trinajstić information content (AvgIpc) is 3.18. The van der Waals surface area contributed by atoms with Gasteiger partial charge in [0.1, 0.15) is 0 Å². The van der Waals surface area contributed by atoms with Gasteiger partial charge in [-0.05, 0) is 119 Å². The van der Waals surface area contributed by atoms with Crippen LogP contribution in [-0.4, -0.2) is 0 Å². The second-order valence-corrected chi connectivity index (χ2v) is 11.7. The van der Waals surface area contributed by atoms with Gasteiger partial charge in [0.15, 0.2) is 0 Å². The molecule has 6 aromatic rings. The Morgan fingerprint density at radius 2 is 0.600 bits per heavy atom. The van der Waals surface area contributed by atoms with Gasteiger partial charge in [0, 0.05) is 34.1 Å². The molecule has 0 spiro atoms. The van der Waals surface area contributed by atoms with Crippen LogP contribution >= 0.6 is 0 Å². The lowest BCUT2D eigenvalue weighted by atomic mass is 10.0. The van der Waals surface area contributed by atoms with E-state index >= 15 is 0 Å². The summed E-state index contributed by atoms with van der Waals surface area (Å²) < 4.78 is 0. The Bertz CT molecular complexity index is 1830. The van der Waals surface area contributed by atoms with Crippen molar-refractivity contribution in [3.63, 3.8) is 0 Å². The normalized spacial score (nSPS) is 10.3. The van der Waals surface area contributed by atoms with Crippen molar-refractivity contribution in [2.24, 2.45) is 0 Å². The van der Waals surface area contributed by atoms with Crippen LogP contribution in [0.15, 0.2) is 184 Å². The molecule has 50 heavy (non-hydrogen) atoms. The average molecular weight is 651 g/mol. The van der Waals surface area contributed by atoms with E-state index in [0.29, 0.717) is 0 Å². The molecule has 0 aromatic heterocycles. The highest BCUT2D eigenvalue weighted by Crippen LogP contribution is 2.38. The molecule has 6 aromatic carbocycles. The van der Waals surface area contributed by atoms with Gasteiger partial charge in [-0.1, -0.05) is 124 Å². The van der Waals surface area contributed by atoms with Gasteiger partial charge in [0.25, 0.3) is 0 Å². The minimum Gasteiger partial charge on any atom is -0.311 e. The van der Waals surface area contributed by atoms with Crippen LogP contribution in [0.25, 0.3) is 23.3 Å². The largest absolute Gasteiger partial charge is 0.311 e. The maximum atomic E-state index is 3.92. The zero-order chi connectivity index (χ0) is 35.3. The number of rotatable bonds is 13. The molecule has 0 aliphatic carbocycles. The lowest BCUT2D eigenvalue weighted by Gasteiger charge is -2.26. The highest BCUT2D eigenvalue weighted by Gasteiger charge is 2.15. The number of benzene rings is 6. The summed E-state index contributed by atoms with van der Waals surface area (Å²) in [6, 6.07) is 52.0. The standard InChI is InChI=1S/C46H40N2.C2H6/c1-5-9-37-15-27-43(28-16-37)47(41-23-11-35(7-3)12-24-41)45-31-19-39(20-32-45)40-21-33-46(34-22-40)48(42-25-13-36(8-4)14-26-42)44-29-17-38(10-6-2)18-30-44;1-2/h5-8,11-34H,1-4,9-10H2;1-2H3. The molecule has 0 fully saturated rings. The second-order valence-electron chi connectivity index (χ2n) is 11.7. The molecule has 0 bridgehead atoms. The van der Waals surface area contributed by atoms with Crippen LogP contribution in [0.3, 0.4) is 0 Å². The maximum Gasteiger partial charge on any atom is 0.0462 e. The third-order valence-electron chi connectivity index (χ3n) is 8.51. The Morgan fingerprint density at radius 1 is 0.360 bits per heavy atom. The van der Waals surface area contributed by atoms with Crippen molar-refractivity contribution >= 4 is 46.3 Å². The molecule has 6 rings (SSSR count). The summed E-state index contributed by atoms with van der Waals surface area (Å²) in [5.74, 6) is 0. The summed E-state index contributed by atoms with van der Waals surface area (Å²) >= 11 is 0. The molecular formula is C48H46N2. The van der Waals surface area contributed by atoms with Gasteiger partial charge in [0.2, 0.25) is 0 Å². The summed E-state index contributed by atoms with van der Waals surface area (Å²) in [7, 11) is 0. The van der Waals surface area contributed by atoms with Crippen molar-refractivity contribution in [1.82, 2.24) is 0 Å². The van der Waals surface area contributed by atoms with Crippen LogP contribution in [0, 0.1) is 0 Å². The molecule has 0 aliphatic rings. The molecule has 0 heterocycles. The first kappa shape index (κ1) is 35.2. The van der Waals surface area contributed by atoms with Crippen LogP contribution in [0.4, 0.5) is 34.1 Å². The number of anilines is 6. The van der Waals surface area contributed by atoms with E-state index in [9.17, 15) is 0 Å². The molecular weight excluding hydrogens is 605 g/mol. The van der Waals surface area contributed by atoms with Crippen molar-refractivity contribution in [2.45, 2.75) is 26.7 Å². The van der Waals surface area contributed by atoms with Crippen LogP contribution in [0.2, 0.25) is 0 Å². The first-order valence-electron chi connectivity index (χ1n) is 17.3. The van der Waals surface area contributed by atoms with E-state index in [1.165, 1.54) is 11.1 Å². The summed E-state index contributed by atoms with van der Waals surface area (Å²) in [6.07, 6.45) is 9.32.